The molecule has 0 spiro atoms. The second-order valence-corrected chi connectivity index (χ2v) is 3.79. The van der Waals surface area contributed by atoms with Gasteiger partial charge in [0.1, 0.15) is 7.85 Å². The van der Waals surface area contributed by atoms with Gasteiger partial charge in [-0.15, -0.1) is 11.3 Å². The van der Waals surface area contributed by atoms with Crippen LogP contribution in [0.25, 0.3) is 0 Å². The third-order valence-electron chi connectivity index (χ3n) is 0.830. The lowest BCUT2D eigenvalue weighted by Crippen LogP contribution is -2.10. The van der Waals surface area contributed by atoms with E-state index in [-0.39, 0.29) is 10.5 Å². The van der Waals surface area contributed by atoms with Crippen LogP contribution in [0.4, 0.5) is 0 Å². The zero-order chi connectivity index (χ0) is 7.72. The van der Waals surface area contributed by atoms with Crippen LogP contribution >= 0.6 is 27.3 Å². The summed E-state index contributed by atoms with van der Waals surface area (Å²) in [7, 11) is 5.29. The molecule has 0 saturated heterocycles. The van der Waals surface area contributed by atoms with E-state index in [1.165, 1.54) is 0 Å². The molecule has 3 nitrogen and oxygen atoms in total. The quantitative estimate of drug-likeness (QED) is 0.693. The second-order valence-electron chi connectivity index (χ2n) is 1.48. The van der Waals surface area contributed by atoms with E-state index in [1.54, 1.807) is 0 Å². The average molecular weight is 218 g/mol. The summed E-state index contributed by atoms with van der Waals surface area (Å²) in [5.41, 5.74) is -0.0862. The van der Waals surface area contributed by atoms with Gasteiger partial charge in [-0.25, -0.2) is 9.78 Å². The number of aromatic nitrogens is 1. The molecular weight excluding hydrogens is 217 g/mol. The standard InChI is InChI=1S/C4HBBrNO2S/c5-2-1(3(8)9)7-4(6)10-2/h(H,8,9). The van der Waals surface area contributed by atoms with E-state index in [0.717, 1.165) is 11.3 Å². The number of carbonyl (C=O) groups is 1. The molecule has 1 heterocycles. The number of aromatic carboxylic acids is 1. The Balaban J connectivity index is 3.15. The molecule has 10 heavy (non-hydrogen) atoms. The molecule has 1 aromatic rings. The van der Waals surface area contributed by atoms with Crippen molar-refractivity contribution >= 4 is 45.9 Å². The highest BCUT2D eigenvalue weighted by Crippen LogP contribution is 2.12. The van der Waals surface area contributed by atoms with Crippen LogP contribution in [0.1, 0.15) is 10.5 Å². The Hall–Kier alpha value is -0.355. The average Bonchev–Trinajstić information content (AvgIpc) is 2.10. The summed E-state index contributed by atoms with van der Waals surface area (Å²) in [6.07, 6.45) is 0. The van der Waals surface area contributed by atoms with Crippen molar-refractivity contribution in [1.29, 1.82) is 0 Å². The Bertz CT molecular complexity index is 274. The number of halogens is 1. The maximum absolute atomic E-state index is 10.3. The van der Waals surface area contributed by atoms with E-state index in [4.69, 9.17) is 13.0 Å². The molecule has 0 aromatic carbocycles. The Morgan fingerprint density at radius 1 is 1.80 bits per heavy atom. The number of hydrogen-bond donors (Lipinski definition) is 1. The van der Waals surface area contributed by atoms with Gasteiger partial charge in [-0.05, 0) is 20.7 Å². The number of thiazole rings is 1. The van der Waals surface area contributed by atoms with Gasteiger partial charge >= 0.3 is 5.97 Å². The first-order chi connectivity index (χ1) is 4.61. The molecule has 0 amide bonds. The number of rotatable bonds is 1. The molecule has 0 atom stereocenters. The van der Waals surface area contributed by atoms with Crippen molar-refractivity contribution in [3.63, 3.8) is 0 Å². The van der Waals surface area contributed by atoms with E-state index in [9.17, 15) is 4.79 Å². The molecule has 0 aliphatic carbocycles. The SMILES string of the molecule is [B]c1sc(Br)nc1C(=O)O. The van der Waals surface area contributed by atoms with Crippen LogP contribution in [0.2, 0.25) is 0 Å². The smallest absolute Gasteiger partial charge is 0.354 e. The van der Waals surface area contributed by atoms with Crippen molar-refractivity contribution in [2.75, 3.05) is 0 Å². The van der Waals surface area contributed by atoms with Crippen LogP contribution in [-0.4, -0.2) is 23.9 Å². The van der Waals surface area contributed by atoms with Crippen LogP contribution in [0.15, 0.2) is 3.92 Å². The maximum atomic E-state index is 10.3. The molecule has 50 valence electrons. The fourth-order valence-electron chi connectivity index (χ4n) is 0.458. The van der Waals surface area contributed by atoms with Gasteiger partial charge in [-0.1, -0.05) is 0 Å². The maximum Gasteiger partial charge on any atom is 0.354 e. The lowest BCUT2D eigenvalue weighted by atomic mass is 10.1. The van der Waals surface area contributed by atoms with E-state index >= 15 is 0 Å². The highest BCUT2D eigenvalue weighted by atomic mass is 79.9. The Labute approximate surface area is 70.6 Å². The highest BCUT2D eigenvalue weighted by Gasteiger charge is 2.11. The van der Waals surface area contributed by atoms with Crippen LogP contribution in [-0.2, 0) is 0 Å². The van der Waals surface area contributed by atoms with Crippen molar-refractivity contribution in [2.45, 2.75) is 0 Å². The molecule has 6 heteroatoms. The summed E-state index contributed by atoms with van der Waals surface area (Å²) in [5.74, 6) is -1.10. The molecule has 0 bridgehead atoms. The minimum Gasteiger partial charge on any atom is -0.477 e. The van der Waals surface area contributed by atoms with Gasteiger partial charge in [-0.2, -0.15) is 0 Å². The van der Waals surface area contributed by atoms with Gasteiger partial charge in [0.25, 0.3) is 0 Å². The number of carboxylic acids is 1. The largest absolute Gasteiger partial charge is 0.477 e. The van der Waals surface area contributed by atoms with Gasteiger partial charge < -0.3 is 5.11 Å². The third kappa shape index (κ3) is 1.38. The Kier molecular flexibility index (Phi) is 2.10. The Morgan fingerprint density at radius 2 is 2.40 bits per heavy atom. The van der Waals surface area contributed by atoms with E-state index in [0.29, 0.717) is 3.92 Å². The summed E-state index contributed by atoms with van der Waals surface area (Å²) < 4.78 is 0.710. The van der Waals surface area contributed by atoms with E-state index in [2.05, 4.69) is 20.9 Å². The molecule has 0 aliphatic rings. The van der Waals surface area contributed by atoms with Gasteiger partial charge in [0.05, 0.1) is 0 Å². The summed E-state index contributed by atoms with van der Waals surface area (Å²) in [5, 5.41) is 8.42. The van der Waals surface area contributed by atoms with Crippen molar-refractivity contribution in [1.82, 2.24) is 4.98 Å². The summed E-state index contributed by atoms with van der Waals surface area (Å²) in [6, 6.07) is 0. The molecule has 1 rings (SSSR count). The zero-order valence-corrected chi connectivity index (χ0v) is 7.07. The van der Waals surface area contributed by atoms with Crippen LogP contribution < -0.4 is 4.78 Å². The molecule has 1 aromatic heterocycles. The molecule has 1 N–H and O–H groups in total. The zero-order valence-electron chi connectivity index (χ0n) is 4.67. The number of hydrogen-bond acceptors (Lipinski definition) is 3. The van der Waals surface area contributed by atoms with Crippen molar-refractivity contribution < 1.29 is 9.90 Å². The first kappa shape index (κ1) is 7.75. The van der Waals surface area contributed by atoms with Crippen LogP contribution in [0, 0.1) is 0 Å². The predicted octanol–water partition coefficient (Wildman–Crippen LogP) is 0.398. The first-order valence-corrected chi connectivity index (χ1v) is 3.87. The minimum absolute atomic E-state index is 0.0862. The van der Waals surface area contributed by atoms with Crippen molar-refractivity contribution in [3.05, 3.63) is 9.61 Å². The molecular formula is C4HBBrNO2S. The summed E-state index contributed by atoms with van der Waals surface area (Å²) in [4.78, 5) is 13.9. The topological polar surface area (TPSA) is 50.2 Å². The second kappa shape index (κ2) is 2.71. The monoisotopic (exact) mass is 217 g/mol. The Morgan fingerprint density at radius 3 is 2.60 bits per heavy atom. The predicted molar refractivity (Wildman–Crippen MR) is 42.2 cm³/mol. The van der Waals surface area contributed by atoms with Gasteiger partial charge in [0.15, 0.2) is 9.61 Å². The van der Waals surface area contributed by atoms with Gasteiger partial charge in [-0.3, -0.25) is 0 Å². The molecule has 0 saturated carbocycles. The van der Waals surface area contributed by atoms with E-state index < -0.39 is 5.97 Å². The van der Waals surface area contributed by atoms with Crippen LogP contribution in [0.3, 0.4) is 0 Å². The third-order valence-corrected chi connectivity index (χ3v) is 2.17. The molecule has 0 fully saturated rings. The van der Waals surface area contributed by atoms with Gasteiger partial charge in [0.2, 0.25) is 0 Å². The summed E-state index contributed by atoms with van der Waals surface area (Å²) in [6.45, 7) is 0. The fourth-order valence-corrected chi connectivity index (χ4v) is 1.71. The summed E-state index contributed by atoms with van der Waals surface area (Å²) >= 11 is 4.12. The first-order valence-electron chi connectivity index (χ1n) is 2.26. The van der Waals surface area contributed by atoms with Crippen molar-refractivity contribution in [2.24, 2.45) is 0 Å². The van der Waals surface area contributed by atoms with Gasteiger partial charge in [0, 0.05) is 0 Å². The molecule has 2 radical (unpaired) electrons. The number of carboxylic acid groups (broad SMARTS) is 1. The highest BCUT2D eigenvalue weighted by molar-refractivity contribution is 9.11. The minimum atomic E-state index is -1.10. The lowest BCUT2D eigenvalue weighted by Gasteiger charge is -1.84. The molecule has 0 unspecified atom stereocenters. The lowest BCUT2D eigenvalue weighted by molar-refractivity contribution is 0.0692. The normalized spacial score (nSPS) is 9.70. The molecule has 0 aliphatic heterocycles. The fraction of sp³-hybridized carbons (Fsp3) is 0. The van der Waals surface area contributed by atoms with Crippen LogP contribution in [0.5, 0.6) is 0 Å². The van der Waals surface area contributed by atoms with Crippen molar-refractivity contribution in [3.8, 4) is 0 Å². The number of nitrogens with zero attached hydrogens (tertiary/aromatic N) is 1. The van der Waals surface area contributed by atoms with E-state index in [1.807, 2.05) is 0 Å².